The van der Waals surface area contributed by atoms with E-state index in [2.05, 4.69) is 5.32 Å². The lowest BCUT2D eigenvalue weighted by atomic mass is 10.1. The van der Waals surface area contributed by atoms with Gasteiger partial charge in [-0.1, -0.05) is 23.2 Å². The average Bonchev–Trinajstić information content (AvgIpc) is 2.45. The van der Waals surface area contributed by atoms with Gasteiger partial charge in [0.15, 0.2) is 0 Å². The summed E-state index contributed by atoms with van der Waals surface area (Å²) in [5, 5.41) is 12.1. The van der Waals surface area contributed by atoms with Crippen LogP contribution in [0.3, 0.4) is 0 Å². The Hall–Kier alpha value is 0.200. The van der Waals surface area contributed by atoms with Crippen molar-refractivity contribution in [2.75, 3.05) is 6.61 Å². The number of hydrogen-bond donors (Lipinski definition) is 2. The van der Waals surface area contributed by atoms with E-state index in [4.69, 9.17) is 28.3 Å². The summed E-state index contributed by atoms with van der Waals surface area (Å²) in [6, 6.07) is 2.31. The number of halogens is 2. The third-order valence-electron chi connectivity index (χ3n) is 2.25. The Balaban J connectivity index is 2.60. The van der Waals surface area contributed by atoms with E-state index in [1.807, 2.05) is 19.9 Å². The molecule has 1 unspecified atom stereocenters. The number of aliphatic hydroxyl groups excluding tert-OH is 1. The third kappa shape index (κ3) is 3.93. The zero-order chi connectivity index (χ0) is 11.4. The molecule has 0 aliphatic carbocycles. The molecule has 5 heteroatoms. The van der Waals surface area contributed by atoms with Crippen LogP contribution in [0.25, 0.3) is 0 Å². The van der Waals surface area contributed by atoms with E-state index >= 15 is 0 Å². The largest absolute Gasteiger partial charge is 0.396 e. The fraction of sp³-hybridized carbons (Fsp3) is 0.600. The highest BCUT2D eigenvalue weighted by Gasteiger charge is 2.14. The molecule has 1 heterocycles. The number of hydrogen-bond acceptors (Lipinski definition) is 3. The lowest BCUT2D eigenvalue weighted by Gasteiger charge is -2.18. The Morgan fingerprint density at radius 2 is 2.13 bits per heavy atom. The monoisotopic (exact) mass is 267 g/mol. The lowest BCUT2D eigenvalue weighted by Crippen LogP contribution is -2.29. The van der Waals surface area contributed by atoms with Crippen LogP contribution >= 0.6 is 34.5 Å². The van der Waals surface area contributed by atoms with E-state index < -0.39 is 0 Å². The molecule has 86 valence electrons. The minimum Gasteiger partial charge on any atom is -0.396 e. The molecule has 0 aliphatic heterocycles. The predicted octanol–water partition coefficient (Wildman–Crippen LogP) is 3.48. The molecule has 2 nitrogen and oxygen atoms in total. The van der Waals surface area contributed by atoms with Crippen LogP contribution in [0.15, 0.2) is 6.07 Å². The Morgan fingerprint density at radius 3 is 2.60 bits per heavy atom. The highest BCUT2D eigenvalue weighted by atomic mass is 35.5. The van der Waals surface area contributed by atoms with Crippen LogP contribution < -0.4 is 5.32 Å². The lowest BCUT2D eigenvalue weighted by molar-refractivity contribution is 0.264. The molecular weight excluding hydrogens is 253 g/mol. The van der Waals surface area contributed by atoms with Crippen molar-refractivity contribution >= 4 is 34.5 Å². The fourth-order valence-corrected chi connectivity index (χ4v) is 3.09. The summed E-state index contributed by atoms with van der Waals surface area (Å²) in [6.45, 7) is 4.27. The maximum atomic E-state index is 8.79. The van der Waals surface area contributed by atoms with Crippen LogP contribution in [0, 0.1) is 0 Å². The van der Waals surface area contributed by atoms with Crippen molar-refractivity contribution in [2.24, 2.45) is 0 Å². The number of aliphatic hydroxyl groups is 1. The van der Waals surface area contributed by atoms with Crippen molar-refractivity contribution in [2.45, 2.75) is 32.4 Å². The highest BCUT2D eigenvalue weighted by molar-refractivity contribution is 7.20. The van der Waals surface area contributed by atoms with E-state index in [1.54, 1.807) is 0 Å². The van der Waals surface area contributed by atoms with Crippen molar-refractivity contribution in [3.05, 3.63) is 20.3 Å². The first-order valence-electron chi connectivity index (χ1n) is 4.86. The van der Waals surface area contributed by atoms with Crippen molar-refractivity contribution in [1.82, 2.24) is 5.32 Å². The van der Waals surface area contributed by atoms with E-state index in [0.717, 1.165) is 16.3 Å². The Kier molecular flexibility index (Phi) is 5.36. The number of thiophene rings is 1. The molecule has 0 spiro atoms. The second kappa shape index (κ2) is 6.06. The van der Waals surface area contributed by atoms with Crippen LogP contribution in [-0.4, -0.2) is 17.8 Å². The first-order valence-corrected chi connectivity index (χ1v) is 6.43. The minimum atomic E-state index is 0.155. The molecular formula is C10H15Cl2NOS. The second-order valence-electron chi connectivity index (χ2n) is 3.58. The number of nitrogens with one attached hydrogen (secondary N) is 1. The van der Waals surface area contributed by atoms with E-state index in [-0.39, 0.29) is 18.7 Å². The van der Waals surface area contributed by atoms with Gasteiger partial charge in [0, 0.05) is 18.7 Å². The zero-order valence-electron chi connectivity index (χ0n) is 8.76. The molecule has 1 aromatic heterocycles. The van der Waals surface area contributed by atoms with E-state index in [0.29, 0.717) is 4.34 Å². The van der Waals surface area contributed by atoms with Gasteiger partial charge in [-0.3, -0.25) is 0 Å². The third-order valence-corrected chi connectivity index (χ3v) is 3.76. The molecule has 0 amide bonds. The van der Waals surface area contributed by atoms with Gasteiger partial charge in [0.1, 0.15) is 0 Å². The van der Waals surface area contributed by atoms with Gasteiger partial charge in [-0.15, -0.1) is 11.3 Å². The molecule has 0 fully saturated rings. The van der Waals surface area contributed by atoms with Crippen molar-refractivity contribution < 1.29 is 5.11 Å². The van der Waals surface area contributed by atoms with Gasteiger partial charge in [-0.2, -0.15) is 0 Å². The van der Waals surface area contributed by atoms with Crippen LogP contribution in [0.1, 0.15) is 31.9 Å². The Labute approximate surface area is 104 Å². The van der Waals surface area contributed by atoms with Crippen LogP contribution in [0.4, 0.5) is 0 Å². The molecule has 0 saturated carbocycles. The Morgan fingerprint density at radius 1 is 1.47 bits per heavy atom. The molecule has 15 heavy (non-hydrogen) atoms. The van der Waals surface area contributed by atoms with Gasteiger partial charge < -0.3 is 10.4 Å². The summed E-state index contributed by atoms with van der Waals surface area (Å²) >= 11 is 13.3. The first-order chi connectivity index (χ1) is 7.04. The quantitative estimate of drug-likeness (QED) is 0.857. The summed E-state index contributed by atoms with van der Waals surface area (Å²) < 4.78 is 1.44. The topological polar surface area (TPSA) is 32.3 Å². The maximum Gasteiger partial charge on any atom is 0.0991 e. The van der Waals surface area contributed by atoms with Gasteiger partial charge in [-0.05, 0) is 31.9 Å². The van der Waals surface area contributed by atoms with Crippen LogP contribution in [0.5, 0.6) is 0 Å². The smallest absolute Gasteiger partial charge is 0.0991 e. The summed E-state index contributed by atoms with van der Waals surface area (Å²) in [7, 11) is 0. The molecule has 1 rings (SSSR count). The van der Waals surface area contributed by atoms with E-state index in [1.165, 1.54) is 11.3 Å². The first kappa shape index (κ1) is 13.3. The predicted molar refractivity (Wildman–Crippen MR) is 67.1 cm³/mol. The van der Waals surface area contributed by atoms with Crippen LogP contribution in [0.2, 0.25) is 8.67 Å². The van der Waals surface area contributed by atoms with Gasteiger partial charge in [0.05, 0.1) is 8.67 Å². The molecule has 2 N–H and O–H groups in total. The van der Waals surface area contributed by atoms with Gasteiger partial charge >= 0.3 is 0 Å². The summed E-state index contributed by atoms with van der Waals surface area (Å²) in [4.78, 5) is 0. The van der Waals surface area contributed by atoms with Crippen molar-refractivity contribution in [1.29, 1.82) is 0 Å². The van der Waals surface area contributed by atoms with Crippen molar-refractivity contribution in [3.8, 4) is 0 Å². The highest BCUT2D eigenvalue weighted by Crippen LogP contribution is 2.34. The zero-order valence-corrected chi connectivity index (χ0v) is 11.1. The SMILES string of the molecule is CC(N[C@H](C)CCO)c1cc(Cl)sc1Cl. The van der Waals surface area contributed by atoms with Gasteiger partial charge in [0.25, 0.3) is 0 Å². The molecule has 2 atom stereocenters. The molecule has 0 bridgehead atoms. The summed E-state index contributed by atoms with van der Waals surface area (Å²) in [5.74, 6) is 0. The van der Waals surface area contributed by atoms with Gasteiger partial charge in [0.2, 0.25) is 0 Å². The maximum absolute atomic E-state index is 8.79. The normalized spacial score (nSPS) is 15.3. The molecule has 0 radical (unpaired) electrons. The standard InChI is InChI=1S/C10H15Cl2NOS/c1-6(3-4-14)13-7(2)8-5-9(11)15-10(8)12/h5-7,13-14H,3-4H2,1-2H3/t6-,7?/m1/s1. The molecule has 0 saturated heterocycles. The summed E-state index contributed by atoms with van der Waals surface area (Å²) in [6.07, 6.45) is 0.736. The van der Waals surface area contributed by atoms with E-state index in [9.17, 15) is 0 Å². The molecule has 0 aromatic carbocycles. The van der Waals surface area contributed by atoms with Crippen LogP contribution in [-0.2, 0) is 0 Å². The molecule has 1 aromatic rings. The fourth-order valence-electron chi connectivity index (χ4n) is 1.44. The second-order valence-corrected chi connectivity index (χ2v) is 5.87. The molecule has 0 aliphatic rings. The summed E-state index contributed by atoms with van der Waals surface area (Å²) in [5.41, 5.74) is 1.02. The minimum absolute atomic E-state index is 0.155. The van der Waals surface area contributed by atoms with Crippen molar-refractivity contribution in [3.63, 3.8) is 0 Å². The number of rotatable bonds is 5. The Bertz CT molecular complexity index is 316. The average molecular weight is 268 g/mol. The van der Waals surface area contributed by atoms with Gasteiger partial charge in [-0.25, -0.2) is 0 Å².